The molecule has 0 saturated carbocycles. The number of fused-ring (bicyclic) bond motifs is 1. The molecule has 2 atom stereocenters. The highest BCUT2D eigenvalue weighted by Gasteiger charge is 2.35. The smallest absolute Gasteiger partial charge is 0.276 e. The zero-order chi connectivity index (χ0) is 20.6. The first-order chi connectivity index (χ1) is 13.1. The molecule has 0 bridgehead atoms. The molecular weight excluding hydrogens is 392 g/mol. The number of anilines is 1. The summed E-state index contributed by atoms with van der Waals surface area (Å²) in [5.41, 5.74) is 0.000783. The quantitative estimate of drug-likeness (QED) is 0.807. The van der Waals surface area contributed by atoms with Crippen LogP contribution in [0.25, 0.3) is 0 Å². The molecule has 1 aromatic heterocycles. The number of nitrogens with zero attached hydrogens (tertiary/aromatic N) is 1. The van der Waals surface area contributed by atoms with E-state index in [1.807, 2.05) is 13.8 Å². The second-order valence-electron chi connectivity index (χ2n) is 6.79. The van der Waals surface area contributed by atoms with Gasteiger partial charge >= 0.3 is 0 Å². The Morgan fingerprint density at radius 1 is 1.39 bits per heavy atom. The van der Waals surface area contributed by atoms with E-state index in [1.54, 1.807) is 0 Å². The summed E-state index contributed by atoms with van der Waals surface area (Å²) in [5.74, 6) is -2.88. The number of hydrogen-bond donors (Lipinski definition) is 2. The Bertz CT molecular complexity index is 1020. The standard InChI is InChI=1S/C18H21F2N3O4S/c1-4-10(2)14-9-27-17-15(28(25,26)22-14)8-23(3)16(17)18(24)21-11-5-6-12(19)13(20)7-11/h5-8,10,14,22H,4,9H2,1-3H3,(H,21,24)/t10-,14?/m0/s1. The molecule has 7 nitrogen and oxygen atoms in total. The van der Waals surface area contributed by atoms with Gasteiger partial charge < -0.3 is 14.6 Å². The van der Waals surface area contributed by atoms with Crippen molar-refractivity contribution in [3.8, 4) is 5.75 Å². The summed E-state index contributed by atoms with van der Waals surface area (Å²) in [4.78, 5) is 12.6. The third-order valence-corrected chi connectivity index (χ3v) is 6.31. The monoisotopic (exact) mass is 413 g/mol. The Hall–Kier alpha value is -2.46. The van der Waals surface area contributed by atoms with Gasteiger partial charge in [-0.15, -0.1) is 0 Å². The lowest BCUT2D eigenvalue weighted by Gasteiger charge is -2.21. The molecule has 3 rings (SSSR count). The van der Waals surface area contributed by atoms with Crippen molar-refractivity contribution in [3.63, 3.8) is 0 Å². The highest BCUT2D eigenvalue weighted by molar-refractivity contribution is 7.89. The number of halogens is 2. The van der Waals surface area contributed by atoms with Gasteiger partial charge in [0.05, 0.1) is 6.04 Å². The fourth-order valence-corrected chi connectivity index (χ4v) is 4.49. The molecule has 1 aromatic carbocycles. The van der Waals surface area contributed by atoms with Gasteiger partial charge in [-0.05, 0) is 18.1 Å². The first kappa shape index (κ1) is 20.3. The van der Waals surface area contributed by atoms with Crippen LogP contribution >= 0.6 is 0 Å². The predicted molar refractivity (Wildman–Crippen MR) is 98.8 cm³/mol. The van der Waals surface area contributed by atoms with Crippen LogP contribution in [0, 0.1) is 17.6 Å². The van der Waals surface area contributed by atoms with Gasteiger partial charge in [0.25, 0.3) is 5.91 Å². The van der Waals surface area contributed by atoms with Crippen molar-refractivity contribution in [1.29, 1.82) is 0 Å². The largest absolute Gasteiger partial charge is 0.488 e. The van der Waals surface area contributed by atoms with Gasteiger partial charge in [-0.2, -0.15) is 0 Å². The minimum Gasteiger partial charge on any atom is -0.488 e. The molecule has 2 N–H and O–H groups in total. The van der Waals surface area contributed by atoms with Gasteiger partial charge in [-0.3, -0.25) is 4.79 Å². The molecule has 0 aliphatic carbocycles. The number of benzene rings is 1. The van der Waals surface area contributed by atoms with Crippen molar-refractivity contribution in [2.24, 2.45) is 13.0 Å². The number of sulfonamides is 1. The molecule has 0 saturated heterocycles. The average molecular weight is 413 g/mol. The summed E-state index contributed by atoms with van der Waals surface area (Å²) in [6.45, 7) is 3.91. The lowest BCUT2D eigenvalue weighted by molar-refractivity contribution is 0.101. The van der Waals surface area contributed by atoms with Crippen LogP contribution in [-0.4, -0.2) is 31.5 Å². The molecule has 28 heavy (non-hydrogen) atoms. The molecule has 0 fully saturated rings. The van der Waals surface area contributed by atoms with E-state index in [-0.39, 0.29) is 34.6 Å². The van der Waals surface area contributed by atoms with Crippen LogP contribution in [0.1, 0.15) is 30.8 Å². The zero-order valence-corrected chi connectivity index (χ0v) is 16.4. The summed E-state index contributed by atoms with van der Waals surface area (Å²) < 4.78 is 61.6. The van der Waals surface area contributed by atoms with Gasteiger partial charge in [0.15, 0.2) is 23.1 Å². The first-order valence-electron chi connectivity index (χ1n) is 8.75. The molecule has 1 aliphatic rings. The average Bonchev–Trinajstić information content (AvgIpc) is 2.92. The second-order valence-corrected chi connectivity index (χ2v) is 8.47. The number of ether oxygens (including phenoxy) is 1. The number of aryl methyl sites for hydroxylation is 1. The van der Waals surface area contributed by atoms with Crippen molar-refractivity contribution in [2.45, 2.75) is 31.2 Å². The summed E-state index contributed by atoms with van der Waals surface area (Å²) in [7, 11) is -2.39. The lowest BCUT2D eigenvalue weighted by atomic mass is 10.0. The van der Waals surface area contributed by atoms with Crippen molar-refractivity contribution in [3.05, 3.63) is 41.7 Å². The predicted octanol–water partition coefficient (Wildman–Crippen LogP) is 2.64. The van der Waals surface area contributed by atoms with Crippen LogP contribution in [0.3, 0.4) is 0 Å². The van der Waals surface area contributed by atoms with Crippen LogP contribution in [0.15, 0.2) is 29.3 Å². The van der Waals surface area contributed by atoms with Crippen LogP contribution < -0.4 is 14.8 Å². The van der Waals surface area contributed by atoms with Crippen molar-refractivity contribution >= 4 is 21.6 Å². The first-order valence-corrected chi connectivity index (χ1v) is 10.2. The molecule has 0 spiro atoms. The van der Waals surface area contributed by atoms with Crippen molar-refractivity contribution in [2.75, 3.05) is 11.9 Å². The fourth-order valence-electron chi connectivity index (χ4n) is 2.97. The Balaban J connectivity index is 1.96. The van der Waals surface area contributed by atoms with E-state index >= 15 is 0 Å². The maximum Gasteiger partial charge on any atom is 0.276 e. The van der Waals surface area contributed by atoms with E-state index in [2.05, 4.69) is 10.0 Å². The lowest BCUT2D eigenvalue weighted by Crippen LogP contribution is -2.41. The zero-order valence-electron chi connectivity index (χ0n) is 15.6. The fraction of sp³-hybridized carbons (Fsp3) is 0.389. The normalized spacial score (nSPS) is 19.2. The van der Waals surface area contributed by atoms with Gasteiger partial charge in [-0.1, -0.05) is 20.3 Å². The van der Waals surface area contributed by atoms with Gasteiger partial charge in [0, 0.05) is 25.0 Å². The topological polar surface area (TPSA) is 89.4 Å². The number of rotatable bonds is 4. The van der Waals surface area contributed by atoms with Crippen molar-refractivity contribution in [1.82, 2.24) is 9.29 Å². The van der Waals surface area contributed by atoms with Gasteiger partial charge in [0.2, 0.25) is 10.0 Å². The maximum absolute atomic E-state index is 13.4. The van der Waals surface area contributed by atoms with Crippen LogP contribution in [0.4, 0.5) is 14.5 Å². The van der Waals surface area contributed by atoms with E-state index in [0.29, 0.717) is 0 Å². The molecule has 1 unspecified atom stereocenters. The van der Waals surface area contributed by atoms with Gasteiger partial charge in [-0.25, -0.2) is 21.9 Å². The highest BCUT2D eigenvalue weighted by atomic mass is 32.2. The Morgan fingerprint density at radius 2 is 2.11 bits per heavy atom. The molecule has 2 heterocycles. The molecule has 10 heteroatoms. The summed E-state index contributed by atoms with van der Waals surface area (Å²) >= 11 is 0. The molecule has 152 valence electrons. The SMILES string of the molecule is CC[C@H](C)C1COc2c(cn(C)c2C(=O)Nc2ccc(F)c(F)c2)S(=O)(=O)N1. The Morgan fingerprint density at radius 3 is 2.75 bits per heavy atom. The number of nitrogens with one attached hydrogen (secondary N) is 2. The summed E-state index contributed by atoms with van der Waals surface area (Å²) in [6.07, 6.45) is 2.04. The number of carbonyl (C=O) groups is 1. The van der Waals surface area contributed by atoms with E-state index in [4.69, 9.17) is 4.74 Å². The maximum atomic E-state index is 13.4. The Labute approximate surface area is 161 Å². The molecule has 0 radical (unpaired) electrons. The number of hydrogen-bond acceptors (Lipinski definition) is 4. The summed E-state index contributed by atoms with van der Waals surface area (Å²) in [5, 5.41) is 2.43. The number of amides is 1. The van der Waals surface area contributed by atoms with Crippen LogP contribution in [-0.2, 0) is 17.1 Å². The second kappa shape index (κ2) is 7.51. The molecule has 1 amide bonds. The summed E-state index contributed by atoms with van der Waals surface area (Å²) in [6, 6.07) is 2.50. The van der Waals surface area contributed by atoms with Crippen molar-refractivity contribution < 1.29 is 26.7 Å². The number of aromatic nitrogens is 1. The highest BCUT2D eigenvalue weighted by Crippen LogP contribution is 2.33. The van der Waals surface area contributed by atoms with E-state index < -0.39 is 33.6 Å². The van der Waals surface area contributed by atoms with E-state index in [9.17, 15) is 22.0 Å². The third-order valence-electron chi connectivity index (χ3n) is 4.83. The number of carbonyl (C=O) groups excluding carboxylic acids is 1. The van der Waals surface area contributed by atoms with E-state index in [0.717, 1.165) is 18.6 Å². The minimum atomic E-state index is -3.89. The van der Waals surface area contributed by atoms with E-state index in [1.165, 1.54) is 23.9 Å². The molecule has 1 aliphatic heterocycles. The Kier molecular flexibility index (Phi) is 5.44. The van der Waals surface area contributed by atoms with Crippen LogP contribution in [0.2, 0.25) is 0 Å². The molecule has 2 aromatic rings. The minimum absolute atomic E-state index is 0.0325. The third kappa shape index (κ3) is 3.74. The van der Waals surface area contributed by atoms with Crippen LogP contribution in [0.5, 0.6) is 5.75 Å². The molecular formula is C18H21F2N3O4S. The van der Waals surface area contributed by atoms with Gasteiger partial charge in [0.1, 0.15) is 11.5 Å².